The molecule has 0 aliphatic heterocycles. The molecular weight excluding hydrogens is 392 g/mol. The average molecular weight is 421 g/mol. The standard InChI is InChI=1S/C20H28N4O2S2/c1-4-21-20(22-14-16(2)27-18-11-6-5-7-12-18)23-15-17-10-8-9-13-19(17)24-28(3,25)26/h5-13,16,24H,4,14-15H2,1-3H3,(H2,21,22,23). The summed E-state index contributed by atoms with van der Waals surface area (Å²) in [6.45, 7) is 6.05. The van der Waals surface area contributed by atoms with Gasteiger partial charge in [-0.2, -0.15) is 0 Å². The smallest absolute Gasteiger partial charge is 0.229 e. The molecule has 0 spiro atoms. The van der Waals surface area contributed by atoms with Crippen LogP contribution in [0.25, 0.3) is 0 Å². The molecule has 0 saturated carbocycles. The van der Waals surface area contributed by atoms with E-state index in [1.165, 1.54) is 4.90 Å². The normalized spacial score (nSPS) is 13.0. The number of anilines is 1. The van der Waals surface area contributed by atoms with Crippen molar-refractivity contribution in [1.29, 1.82) is 0 Å². The van der Waals surface area contributed by atoms with E-state index >= 15 is 0 Å². The Labute approximate surface area is 172 Å². The number of sulfonamides is 1. The summed E-state index contributed by atoms with van der Waals surface area (Å²) in [4.78, 5) is 5.84. The van der Waals surface area contributed by atoms with E-state index in [4.69, 9.17) is 0 Å². The van der Waals surface area contributed by atoms with E-state index in [2.05, 4.69) is 39.4 Å². The molecule has 0 radical (unpaired) electrons. The number of hydrogen-bond donors (Lipinski definition) is 3. The number of benzene rings is 2. The van der Waals surface area contributed by atoms with Gasteiger partial charge in [0.2, 0.25) is 10.0 Å². The molecule has 3 N–H and O–H groups in total. The van der Waals surface area contributed by atoms with Crippen LogP contribution in [0.2, 0.25) is 0 Å². The lowest BCUT2D eigenvalue weighted by atomic mass is 10.2. The van der Waals surface area contributed by atoms with Crippen LogP contribution in [0.1, 0.15) is 19.4 Å². The van der Waals surface area contributed by atoms with E-state index < -0.39 is 10.0 Å². The van der Waals surface area contributed by atoms with Crippen molar-refractivity contribution >= 4 is 33.4 Å². The fourth-order valence-electron chi connectivity index (χ4n) is 2.48. The summed E-state index contributed by atoms with van der Waals surface area (Å²) < 4.78 is 25.6. The van der Waals surface area contributed by atoms with Crippen LogP contribution in [-0.4, -0.2) is 39.0 Å². The number of rotatable bonds is 9. The molecule has 0 amide bonds. The summed E-state index contributed by atoms with van der Waals surface area (Å²) in [5.41, 5.74) is 1.37. The highest BCUT2D eigenvalue weighted by molar-refractivity contribution is 8.00. The topological polar surface area (TPSA) is 82.6 Å². The van der Waals surface area contributed by atoms with Gasteiger partial charge in [-0.1, -0.05) is 43.3 Å². The Morgan fingerprint density at radius 2 is 1.75 bits per heavy atom. The molecular formula is C20H28N4O2S2. The quantitative estimate of drug-likeness (QED) is 0.329. The van der Waals surface area contributed by atoms with Crippen molar-refractivity contribution in [3.8, 4) is 0 Å². The second-order valence-corrected chi connectivity index (χ2v) is 9.61. The van der Waals surface area contributed by atoms with Gasteiger partial charge in [0.05, 0.1) is 18.5 Å². The number of para-hydroxylation sites is 1. The van der Waals surface area contributed by atoms with Gasteiger partial charge in [0.1, 0.15) is 0 Å². The Morgan fingerprint density at radius 1 is 1.07 bits per heavy atom. The Morgan fingerprint density at radius 3 is 2.43 bits per heavy atom. The highest BCUT2D eigenvalue weighted by Crippen LogP contribution is 2.22. The van der Waals surface area contributed by atoms with Crippen molar-refractivity contribution in [2.24, 2.45) is 4.99 Å². The van der Waals surface area contributed by atoms with Crippen LogP contribution in [0.3, 0.4) is 0 Å². The molecule has 152 valence electrons. The molecule has 0 fully saturated rings. The summed E-state index contributed by atoms with van der Waals surface area (Å²) in [5.74, 6) is 0.706. The Balaban J connectivity index is 1.99. The maximum atomic E-state index is 11.5. The van der Waals surface area contributed by atoms with E-state index in [0.29, 0.717) is 23.4 Å². The molecule has 0 aliphatic rings. The number of aliphatic imine (C=N–C) groups is 1. The van der Waals surface area contributed by atoms with Crippen LogP contribution in [0.5, 0.6) is 0 Å². The van der Waals surface area contributed by atoms with Gasteiger partial charge in [0.15, 0.2) is 5.96 Å². The third-order valence-electron chi connectivity index (χ3n) is 3.70. The molecule has 0 bridgehead atoms. The largest absolute Gasteiger partial charge is 0.357 e. The first-order valence-corrected chi connectivity index (χ1v) is 11.9. The zero-order valence-corrected chi connectivity index (χ0v) is 18.1. The third kappa shape index (κ3) is 8.22. The van der Waals surface area contributed by atoms with E-state index in [-0.39, 0.29) is 0 Å². The van der Waals surface area contributed by atoms with Crippen LogP contribution < -0.4 is 15.4 Å². The van der Waals surface area contributed by atoms with Gasteiger partial charge in [0, 0.05) is 23.2 Å². The molecule has 0 saturated heterocycles. The summed E-state index contributed by atoms with van der Waals surface area (Å²) in [6, 6.07) is 17.6. The Kier molecular flexibility index (Phi) is 8.66. The lowest BCUT2D eigenvalue weighted by Crippen LogP contribution is -2.40. The molecule has 8 heteroatoms. The van der Waals surface area contributed by atoms with Gasteiger partial charge in [-0.15, -0.1) is 11.8 Å². The third-order valence-corrected chi connectivity index (χ3v) is 5.41. The van der Waals surface area contributed by atoms with Crippen LogP contribution in [0.4, 0.5) is 5.69 Å². The monoisotopic (exact) mass is 420 g/mol. The second-order valence-electron chi connectivity index (χ2n) is 6.35. The Bertz CT molecular complexity index is 871. The summed E-state index contributed by atoms with van der Waals surface area (Å²) >= 11 is 1.80. The van der Waals surface area contributed by atoms with E-state index in [0.717, 1.165) is 24.9 Å². The predicted octanol–water partition coefficient (Wildman–Crippen LogP) is 3.29. The maximum Gasteiger partial charge on any atom is 0.229 e. The van der Waals surface area contributed by atoms with E-state index in [1.807, 2.05) is 37.3 Å². The first kappa shape index (κ1) is 22.1. The highest BCUT2D eigenvalue weighted by Gasteiger charge is 2.08. The van der Waals surface area contributed by atoms with Crippen molar-refractivity contribution in [2.45, 2.75) is 30.5 Å². The second kappa shape index (κ2) is 11.0. The minimum atomic E-state index is -3.33. The molecule has 0 aliphatic carbocycles. The SMILES string of the molecule is CCNC(=NCc1ccccc1NS(C)(=O)=O)NCC(C)Sc1ccccc1. The molecule has 1 atom stereocenters. The number of hydrogen-bond acceptors (Lipinski definition) is 4. The molecule has 2 rings (SSSR count). The first-order valence-electron chi connectivity index (χ1n) is 9.17. The van der Waals surface area contributed by atoms with Crippen molar-refractivity contribution in [2.75, 3.05) is 24.1 Å². The van der Waals surface area contributed by atoms with Crippen LogP contribution in [0.15, 0.2) is 64.5 Å². The number of guanidine groups is 1. The van der Waals surface area contributed by atoms with Gasteiger partial charge in [-0.25, -0.2) is 13.4 Å². The molecule has 2 aromatic carbocycles. The van der Waals surface area contributed by atoms with E-state index in [1.54, 1.807) is 23.9 Å². The summed E-state index contributed by atoms with van der Waals surface area (Å²) in [5, 5.41) is 6.95. The minimum Gasteiger partial charge on any atom is -0.357 e. The fourth-order valence-corrected chi connectivity index (χ4v) is 4.02. The lowest BCUT2D eigenvalue weighted by molar-refractivity contribution is 0.606. The predicted molar refractivity (Wildman–Crippen MR) is 119 cm³/mol. The zero-order chi connectivity index (χ0) is 20.4. The van der Waals surface area contributed by atoms with Crippen LogP contribution in [0, 0.1) is 0 Å². The number of thioether (sulfide) groups is 1. The number of nitrogens with one attached hydrogen (secondary N) is 3. The molecule has 1 unspecified atom stereocenters. The lowest BCUT2D eigenvalue weighted by Gasteiger charge is -2.16. The number of nitrogens with zero attached hydrogens (tertiary/aromatic N) is 1. The average Bonchev–Trinajstić information content (AvgIpc) is 2.64. The Hall–Kier alpha value is -2.19. The first-order chi connectivity index (χ1) is 13.4. The van der Waals surface area contributed by atoms with Crippen LogP contribution >= 0.6 is 11.8 Å². The summed E-state index contributed by atoms with van der Waals surface area (Å²) in [6.07, 6.45) is 1.14. The molecule has 0 heterocycles. The van der Waals surface area contributed by atoms with Gasteiger partial charge in [0.25, 0.3) is 0 Å². The van der Waals surface area contributed by atoms with Gasteiger partial charge in [-0.3, -0.25) is 4.72 Å². The minimum absolute atomic E-state index is 0.366. The van der Waals surface area contributed by atoms with E-state index in [9.17, 15) is 8.42 Å². The molecule has 2 aromatic rings. The maximum absolute atomic E-state index is 11.5. The molecule has 6 nitrogen and oxygen atoms in total. The molecule has 0 aromatic heterocycles. The van der Waals surface area contributed by atoms with Crippen molar-refractivity contribution in [3.63, 3.8) is 0 Å². The van der Waals surface area contributed by atoms with Crippen molar-refractivity contribution < 1.29 is 8.42 Å². The van der Waals surface area contributed by atoms with Crippen molar-refractivity contribution in [3.05, 3.63) is 60.2 Å². The highest BCUT2D eigenvalue weighted by atomic mass is 32.2. The fraction of sp³-hybridized carbons (Fsp3) is 0.350. The van der Waals surface area contributed by atoms with Crippen molar-refractivity contribution in [1.82, 2.24) is 10.6 Å². The van der Waals surface area contributed by atoms with Gasteiger partial charge < -0.3 is 10.6 Å². The zero-order valence-electron chi connectivity index (χ0n) is 16.5. The van der Waals surface area contributed by atoms with Gasteiger partial charge >= 0.3 is 0 Å². The molecule has 28 heavy (non-hydrogen) atoms. The summed E-state index contributed by atoms with van der Waals surface area (Å²) in [7, 11) is -3.33. The van der Waals surface area contributed by atoms with Crippen LogP contribution in [-0.2, 0) is 16.6 Å². The van der Waals surface area contributed by atoms with Gasteiger partial charge in [-0.05, 0) is 30.7 Å².